The summed E-state index contributed by atoms with van der Waals surface area (Å²) in [5.74, 6) is 6.28. The van der Waals surface area contributed by atoms with Gasteiger partial charge in [0.1, 0.15) is 0 Å². The van der Waals surface area contributed by atoms with Crippen LogP contribution in [0.5, 0.6) is 0 Å². The molecule has 4 heteroatoms. The number of nitrogens with zero attached hydrogens (tertiary/aromatic N) is 1. The highest BCUT2D eigenvalue weighted by atomic mass is 16.5. The van der Waals surface area contributed by atoms with Gasteiger partial charge in [-0.1, -0.05) is 60.7 Å². The molecule has 2 aromatic carbocycles. The van der Waals surface area contributed by atoms with Gasteiger partial charge in [-0.15, -0.1) is 0 Å². The lowest BCUT2D eigenvalue weighted by molar-refractivity contribution is -0.0106. The van der Waals surface area contributed by atoms with E-state index < -0.39 is 0 Å². The Morgan fingerprint density at radius 1 is 0.870 bits per heavy atom. The van der Waals surface area contributed by atoms with Crippen molar-refractivity contribution in [3.63, 3.8) is 0 Å². The Kier molecular flexibility index (Phi) is 5.77. The standard InChI is InChI=1S/C19H24N2O2/c20-21-11-18(15-22-13-16-7-3-1-4-8-16)19(12-21)23-14-17-9-5-2-6-10-17/h1-10,18-19H,11-15,20H2/t18-,19-/m1/s1. The highest BCUT2D eigenvalue weighted by molar-refractivity contribution is 5.14. The number of hydrazine groups is 1. The highest BCUT2D eigenvalue weighted by Crippen LogP contribution is 2.20. The molecule has 3 rings (SSSR count). The third-order valence-corrected chi connectivity index (χ3v) is 4.16. The number of ether oxygens (including phenoxy) is 2. The van der Waals surface area contributed by atoms with E-state index in [1.54, 1.807) is 0 Å². The molecule has 0 aliphatic carbocycles. The van der Waals surface area contributed by atoms with E-state index in [2.05, 4.69) is 24.3 Å². The van der Waals surface area contributed by atoms with E-state index in [1.165, 1.54) is 11.1 Å². The SMILES string of the molecule is NN1C[C@H](COCc2ccccc2)[C@H](OCc2ccccc2)C1. The van der Waals surface area contributed by atoms with Crippen LogP contribution < -0.4 is 5.84 Å². The summed E-state index contributed by atoms with van der Waals surface area (Å²) in [5, 5.41) is 1.83. The van der Waals surface area contributed by atoms with Crippen molar-refractivity contribution < 1.29 is 9.47 Å². The fraction of sp³-hybridized carbons (Fsp3) is 0.368. The predicted octanol–water partition coefficient (Wildman–Crippen LogP) is 2.59. The molecule has 1 aliphatic rings. The van der Waals surface area contributed by atoms with Crippen molar-refractivity contribution in [2.45, 2.75) is 19.3 Å². The minimum atomic E-state index is 0.121. The van der Waals surface area contributed by atoms with E-state index in [4.69, 9.17) is 15.3 Å². The van der Waals surface area contributed by atoms with Gasteiger partial charge in [0.15, 0.2) is 0 Å². The van der Waals surface area contributed by atoms with Gasteiger partial charge in [-0.25, -0.2) is 5.01 Å². The Labute approximate surface area is 137 Å². The Bertz CT molecular complexity index is 576. The van der Waals surface area contributed by atoms with Crippen LogP contribution in [-0.4, -0.2) is 30.8 Å². The fourth-order valence-corrected chi connectivity index (χ4v) is 2.90. The third kappa shape index (κ3) is 4.88. The molecule has 2 N–H and O–H groups in total. The summed E-state index contributed by atoms with van der Waals surface area (Å²) in [5.41, 5.74) is 2.38. The van der Waals surface area contributed by atoms with E-state index in [9.17, 15) is 0 Å². The maximum atomic E-state index is 6.07. The zero-order valence-corrected chi connectivity index (χ0v) is 13.3. The molecule has 1 saturated heterocycles. The molecule has 1 heterocycles. The van der Waals surface area contributed by atoms with Crippen molar-refractivity contribution in [2.24, 2.45) is 11.8 Å². The molecular formula is C19H24N2O2. The van der Waals surface area contributed by atoms with Crippen LogP contribution in [0.1, 0.15) is 11.1 Å². The highest BCUT2D eigenvalue weighted by Gasteiger charge is 2.32. The predicted molar refractivity (Wildman–Crippen MR) is 90.4 cm³/mol. The average molecular weight is 312 g/mol. The molecule has 1 fully saturated rings. The van der Waals surface area contributed by atoms with Gasteiger partial charge in [-0.2, -0.15) is 0 Å². The summed E-state index contributed by atoms with van der Waals surface area (Å²) >= 11 is 0. The van der Waals surface area contributed by atoms with E-state index in [0.29, 0.717) is 25.7 Å². The first-order chi connectivity index (χ1) is 11.3. The first kappa shape index (κ1) is 16.1. The largest absolute Gasteiger partial charge is 0.376 e. The van der Waals surface area contributed by atoms with Crippen LogP contribution in [0.15, 0.2) is 60.7 Å². The summed E-state index contributed by atoms with van der Waals surface area (Å²) in [4.78, 5) is 0. The van der Waals surface area contributed by atoms with Gasteiger partial charge in [0, 0.05) is 19.0 Å². The molecule has 0 saturated carbocycles. The van der Waals surface area contributed by atoms with Gasteiger partial charge in [0.2, 0.25) is 0 Å². The second kappa shape index (κ2) is 8.22. The summed E-state index contributed by atoms with van der Waals surface area (Å²) < 4.78 is 11.9. The fourth-order valence-electron chi connectivity index (χ4n) is 2.90. The van der Waals surface area contributed by atoms with E-state index in [1.807, 2.05) is 41.4 Å². The van der Waals surface area contributed by atoms with Crippen LogP contribution in [0.3, 0.4) is 0 Å². The normalized spacial score (nSPS) is 21.6. The zero-order valence-electron chi connectivity index (χ0n) is 13.3. The van der Waals surface area contributed by atoms with Crippen molar-refractivity contribution in [3.05, 3.63) is 71.8 Å². The summed E-state index contributed by atoms with van der Waals surface area (Å²) in [7, 11) is 0. The van der Waals surface area contributed by atoms with Gasteiger partial charge < -0.3 is 9.47 Å². The van der Waals surface area contributed by atoms with Crippen LogP contribution in [0, 0.1) is 5.92 Å². The van der Waals surface area contributed by atoms with E-state index >= 15 is 0 Å². The van der Waals surface area contributed by atoms with Crippen LogP contribution in [0.4, 0.5) is 0 Å². The lowest BCUT2D eigenvalue weighted by Crippen LogP contribution is -2.29. The third-order valence-electron chi connectivity index (χ3n) is 4.16. The monoisotopic (exact) mass is 312 g/mol. The van der Waals surface area contributed by atoms with Crippen LogP contribution in [0.25, 0.3) is 0 Å². The molecule has 23 heavy (non-hydrogen) atoms. The molecule has 0 spiro atoms. The summed E-state index contributed by atoms with van der Waals surface area (Å²) in [6, 6.07) is 20.5. The minimum absolute atomic E-state index is 0.121. The maximum Gasteiger partial charge on any atom is 0.0783 e. The molecule has 0 bridgehead atoms. The van der Waals surface area contributed by atoms with Crippen LogP contribution in [0.2, 0.25) is 0 Å². The van der Waals surface area contributed by atoms with Gasteiger partial charge >= 0.3 is 0 Å². The van der Waals surface area contributed by atoms with E-state index in [0.717, 1.165) is 13.1 Å². The first-order valence-electron chi connectivity index (χ1n) is 8.08. The number of rotatable bonds is 7. The summed E-state index contributed by atoms with van der Waals surface area (Å²) in [6.07, 6.45) is 0.121. The Morgan fingerprint density at radius 3 is 2.13 bits per heavy atom. The van der Waals surface area contributed by atoms with Gasteiger partial charge in [0.05, 0.1) is 25.9 Å². The molecule has 0 aromatic heterocycles. The van der Waals surface area contributed by atoms with Crippen molar-refractivity contribution in [1.29, 1.82) is 0 Å². The molecular weight excluding hydrogens is 288 g/mol. The molecule has 2 aromatic rings. The molecule has 4 nitrogen and oxygen atoms in total. The number of nitrogens with two attached hydrogens (primary N) is 1. The number of hydrogen-bond donors (Lipinski definition) is 1. The summed E-state index contributed by atoms with van der Waals surface area (Å²) in [6.45, 7) is 3.49. The lowest BCUT2D eigenvalue weighted by atomic mass is 10.1. The molecule has 0 unspecified atom stereocenters. The molecule has 1 aliphatic heterocycles. The maximum absolute atomic E-state index is 6.07. The first-order valence-corrected chi connectivity index (χ1v) is 8.08. The number of benzene rings is 2. The topological polar surface area (TPSA) is 47.7 Å². The van der Waals surface area contributed by atoms with Crippen molar-refractivity contribution in [2.75, 3.05) is 19.7 Å². The van der Waals surface area contributed by atoms with Crippen molar-refractivity contribution >= 4 is 0 Å². The number of hydrogen-bond acceptors (Lipinski definition) is 4. The quantitative estimate of drug-likeness (QED) is 0.798. The Morgan fingerprint density at radius 2 is 1.48 bits per heavy atom. The minimum Gasteiger partial charge on any atom is -0.376 e. The second-order valence-electron chi connectivity index (χ2n) is 6.05. The molecule has 0 radical (unpaired) electrons. The van der Waals surface area contributed by atoms with Crippen LogP contribution in [-0.2, 0) is 22.7 Å². The molecule has 2 atom stereocenters. The smallest absolute Gasteiger partial charge is 0.0783 e. The Hall–Kier alpha value is -1.72. The lowest BCUT2D eigenvalue weighted by Gasteiger charge is -2.19. The van der Waals surface area contributed by atoms with Crippen molar-refractivity contribution in [3.8, 4) is 0 Å². The van der Waals surface area contributed by atoms with Crippen molar-refractivity contribution in [1.82, 2.24) is 5.01 Å². The molecule has 0 amide bonds. The zero-order chi connectivity index (χ0) is 15.9. The van der Waals surface area contributed by atoms with Gasteiger partial charge in [-0.05, 0) is 11.1 Å². The van der Waals surface area contributed by atoms with E-state index in [-0.39, 0.29) is 6.10 Å². The van der Waals surface area contributed by atoms with Crippen LogP contribution >= 0.6 is 0 Å². The second-order valence-corrected chi connectivity index (χ2v) is 6.05. The Balaban J connectivity index is 1.47. The average Bonchev–Trinajstić information content (AvgIpc) is 2.95. The molecule has 122 valence electrons. The van der Waals surface area contributed by atoms with Gasteiger partial charge in [0.25, 0.3) is 0 Å². The van der Waals surface area contributed by atoms with Gasteiger partial charge in [-0.3, -0.25) is 5.84 Å².